The van der Waals surface area contributed by atoms with Crippen LogP contribution in [0.1, 0.15) is 28.6 Å². The molecule has 0 fully saturated rings. The summed E-state index contributed by atoms with van der Waals surface area (Å²) in [6, 6.07) is 6.14. The Labute approximate surface area is 126 Å². The molecule has 2 aromatic rings. The standard InChI is InChI=1S/C15H18BrN3O/c1-9-14(16)12(19(2)18-9)8-13(20)11-5-3-4-10-6-7-17-15(10)11/h3-5,13,17,20H,6-8H2,1-2H3. The maximum absolute atomic E-state index is 10.6. The van der Waals surface area contributed by atoms with E-state index in [1.54, 1.807) is 0 Å². The first-order chi connectivity index (χ1) is 9.58. The van der Waals surface area contributed by atoms with Crippen LogP contribution < -0.4 is 5.32 Å². The second-order valence-corrected chi connectivity index (χ2v) is 6.04. The van der Waals surface area contributed by atoms with Gasteiger partial charge in [0, 0.05) is 31.3 Å². The zero-order valence-corrected chi connectivity index (χ0v) is 13.2. The van der Waals surface area contributed by atoms with E-state index in [4.69, 9.17) is 0 Å². The number of hydrogen-bond acceptors (Lipinski definition) is 3. The zero-order valence-electron chi connectivity index (χ0n) is 11.7. The molecule has 20 heavy (non-hydrogen) atoms. The molecule has 0 radical (unpaired) electrons. The van der Waals surface area contributed by atoms with E-state index in [1.165, 1.54) is 5.56 Å². The van der Waals surface area contributed by atoms with Crippen molar-refractivity contribution < 1.29 is 5.11 Å². The third-order valence-corrected chi connectivity index (χ3v) is 4.92. The van der Waals surface area contributed by atoms with Crippen molar-refractivity contribution in [3.63, 3.8) is 0 Å². The quantitative estimate of drug-likeness (QED) is 0.906. The molecule has 0 amide bonds. The number of aliphatic hydroxyl groups excluding tert-OH is 1. The predicted octanol–water partition coefficient (Wildman–Crippen LogP) is 2.74. The second kappa shape index (κ2) is 5.22. The third kappa shape index (κ3) is 2.25. The van der Waals surface area contributed by atoms with Gasteiger partial charge in [-0.3, -0.25) is 4.68 Å². The van der Waals surface area contributed by atoms with E-state index in [-0.39, 0.29) is 0 Å². The van der Waals surface area contributed by atoms with Crippen LogP contribution in [0.25, 0.3) is 0 Å². The van der Waals surface area contributed by atoms with Crippen LogP contribution in [-0.2, 0) is 19.9 Å². The first kappa shape index (κ1) is 13.6. The fourth-order valence-electron chi connectivity index (χ4n) is 2.84. The Morgan fingerprint density at radius 3 is 3.00 bits per heavy atom. The summed E-state index contributed by atoms with van der Waals surface area (Å²) in [6.45, 7) is 2.91. The first-order valence-electron chi connectivity index (χ1n) is 6.79. The van der Waals surface area contributed by atoms with Crippen molar-refractivity contribution in [1.82, 2.24) is 9.78 Å². The van der Waals surface area contributed by atoms with Crippen molar-refractivity contribution >= 4 is 21.6 Å². The van der Waals surface area contributed by atoms with Gasteiger partial charge in [0.25, 0.3) is 0 Å². The number of nitrogens with one attached hydrogen (secondary N) is 1. The monoisotopic (exact) mass is 335 g/mol. The lowest BCUT2D eigenvalue weighted by Gasteiger charge is -2.16. The number of anilines is 1. The van der Waals surface area contributed by atoms with Crippen molar-refractivity contribution in [2.24, 2.45) is 7.05 Å². The van der Waals surface area contributed by atoms with Crippen LogP contribution in [0.2, 0.25) is 0 Å². The Bertz CT molecular complexity index is 651. The summed E-state index contributed by atoms with van der Waals surface area (Å²) in [5, 5.41) is 18.3. The highest BCUT2D eigenvalue weighted by Crippen LogP contribution is 2.33. The molecule has 1 unspecified atom stereocenters. The molecule has 1 aromatic carbocycles. The summed E-state index contributed by atoms with van der Waals surface area (Å²) in [7, 11) is 1.91. The maximum Gasteiger partial charge on any atom is 0.0865 e. The third-order valence-electron chi connectivity index (χ3n) is 3.89. The SMILES string of the molecule is Cc1nn(C)c(CC(O)c2cccc3c2NCC3)c1Br. The molecule has 1 aliphatic heterocycles. The predicted molar refractivity (Wildman–Crippen MR) is 82.9 cm³/mol. The van der Waals surface area contributed by atoms with Crippen molar-refractivity contribution in [2.75, 3.05) is 11.9 Å². The highest BCUT2D eigenvalue weighted by atomic mass is 79.9. The molecule has 1 aromatic heterocycles. The second-order valence-electron chi connectivity index (χ2n) is 5.25. The van der Waals surface area contributed by atoms with Gasteiger partial charge in [0.15, 0.2) is 0 Å². The van der Waals surface area contributed by atoms with Crippen LogP contribution in [0.5, 0.6) is 0 Å². The number of aliphatic hydroxyl groups is 1. The molecule has 0 saturated carbocycles. The number of halogens is 1. The lowest BCUT2D eigenvalue weighted by atomic mass is 10.00. The van der Waals surface area contributed by atoms with Gasteiger partial charge in [0.05, 0.1) is 22.0 Å². The molecule has 0 saturated heterocycles. The molecule has 1 atom stereocenters. The van der Waals surface area contributed by atoms with E-state index < -0.39 is 6.10 Å². The Morgan fingerprint density at radius 2 is 2.30 bits per heavy atom. The lowest BCUT2D eigenvalue weighted by molar-refractivity contribution is 0.176. The molecular formula is C15H18BrN3O. The van der Waals surface area contributed by atoms with Gasteiger partial charge in [-0.1, -0.05) is 18.2 Å². The van der Waals surface area contributed by atoms with Crippen LogP contribution in [0.15, 0.2) is 22.7 Å². The fraction of sp³-hybridized carbons (Fsp3) is 0.400. The van der Waals surface area contributed by atoms with Crippen molar-refractivity contribution in [3.05, 3.63) is 45.2 Å². The van der Waals surface area contributed by atoms with Crippen LogP contribution >= 0.6 is 15.9 Å². The minimum Gasteiger partial charge on any atom is -0.388 e. The molecule has 0 bridgehead atoms. The molecule has 0 spiro atoms. The normalized spacial score (nSPS) is 15.0. The van der Waals surface area contributed by atoms with Crippen LogP contribution in [0.3, 0.4) is 0 Å². The van der Waals surface area contributed by atoms with Gasteiger partial charge in [-0.2, -0.15) is 5.10 Å². The highest BCUT2D eigenvalue weighted by Gasteiger charge is 2.21. The van der Waals surface area contributed by atoms with E-state index in [0.717, 1.165) is 40.1 Å². The largest absolute Gasteiger partial charge is 0.388 e. The van der Waals surface area contributed by atoms with Gasteiger partial charge >= 0.3 is 0 Å². The van der Waals surface area contributed by atoms with Crippen LogP contribution in [0, 0.1) is 6.92 Å². The number of benzene rings is 1. The Balaban J connectivity index is 1.90. The van der Waals surface area contributed by atoms with Gasteiger partial charge in [-0.15, -0.1) is 0 Å². The van der Waals surface area contributed by atoms with Crippen molar-refractivity contribution in [2.45, 2.75) is 25.9 Å². The van der Waals surface area contributed by atoms with Gasteiger partial charge in [-0.05, 0) is 34.8 Å². The van der Waals surface area contributed by atoms with E-state index in [2.05, 4.69) is 32.4 Å². The maximum atomic E-state index is 10.6. The fourth-order valence-corrected chi connectivity index (χ4v) is 3.34. The van der Waals surface area contributed by atoms with Crippen molar-refractivity contribution in [1.29, 1.82) is 0 Å². The van der Waals surface area contributed by atoms with Gasteiger partial charge in [0.2, 0.25) is 0 Å². The number of hydrogen-bond donors (Lipinski definition) is 2. The minimum absolute atomic E-state index is 0.526. The Kier molecular flexibility index (Phi) is 3.56. The number of aromatic nitrogens is 2. The molecule has 2 N–H and O–H groups in total. The average molecular weight is 336 g/mol. The Hall–Kier alpha value is -1.33. The molecule has 4 nitrogen and oxygen atoms in total. The van der Waals surface area contributed by atoms with E-state index >= 15 is 0 Å². The number of para-hydroxylation sites is 1. The first-order valence-corrected chi connectivity index (χ1v) is 7.59. The summed E-state index contributed by atoms with van der Waals surface area (Å²) in [5.74, 6) is 0. The number of nitrogens with zero attached hydrogens (tertiary/aromatic N) is 2. The summed E-state index contributed by atoms with van der Waals surface area (Å²) >= 11 is 3.55. The van der Waals surface area contributed by atoms with E-state index in [9.17, 15) is 5.11 Å². The molecule has 3 rings (SSSR count). The summed E-state index contributed by atoms with van der Waals surface area (Å²) in [5.41, 5.74) is 5.35. The Morgan fingerprint density at radius 1 is 1.50 bits per heavy atom. The smallest absolute Gasteiger partial charge is 0.0865 e. The van der Waals surface area contributed by atoms with Crippen molar-refractivity contribution in [3.8, 4) is 0 Å². The van der Waals surface area contributed by atoms with E-state index in [1.807, 2.05) is 30.8 Å². The minimum atomic E-state index is -0.526. The summed E-state index contributed by atoms with van der Waals surface area (Å²) in [6.07, 6.45) is 1.06. The number of rotatable bonds is 3. The zero-order chi connectivity index (χ0) is 14.3. The molecule has 1 aliphatic rings. The summed E-state index contributed by atoms with van der Waals surface area (Å²) < 4.78 is 2.82. The molecule has 5 heteroatoms. The topological polar surface area (TPSA) is 50.1 Å². The summed E-state index contributed by atoms with van der Waals surface area (Å²) in [4.78, 5) is 0. The number of fused-ring (bicyclic) bond motifs is 1. The number of aryl methyl sites for hydroxylation is 2. The van der Waals surface area contributed by atoms with E-state index in [0.29, 0.717) is 6.42 Å². The van der Waals surface area contributed by atoms with Crippen LogP contribution in [0.4, 0.5) is 5.69 Å². The molecule has 0 aliphatic carbocycles. The molecule has 2 heterocycles. The average Bonchev–Trinajstić information content (AvgIpc) is 2.99. The van der Waals surface area contributed by atoms with Gasteiger partial charge < -0.3 is 10.4 Å². The highest BCUT2D eigenvalue weighted by molar-refractivity contribution is 9.10. The van der Waals surface area contributed by atoms with Crippen LogP contribution in [-0.4, -0.2) is 21.4 Å². The molecular weight excluding hydrogens is 318 g/mol. The van der Waals surface area contributed by atoms with Gasteiger partial charge in [-0.25, -0.2) is 0 Å². The molecule has 106 valence electrons. The lowest BCUT2D eigenvalue weighted by Crippen LogP contribution is -2.09. The van der Waals surface area contributed by atoms with Gasteiger partial charge in [0.1, 0.15) is 0 Å².